The molecule has 0 N–H and O–H groups in total. The highest BCUT2D eigenvalue weighted by atomic mass is 16.1. The molecule has 0 radical (unpaired) electrons. The Labute approximate surface area is 111 Å². The molecule has 4 rings (SSSR count). The Morgan fingerprint density at radius 3 is 2.58 bits per heavy atom. The Morgan fingerprint density at radius 2 is 1.84 bits per heavy atom. The molecule has 0 spiro atoms. The van der Waals surface area contributed by atoms with E-state index in [4.69, 9.17) is 0 Å². The average Bonchev–Trinajstić information content (AvgIpc) is 3.13. The summed E-state index contributed by atoms with van der Waals surface area (Å²) in [5, 5.41) is 2.96. The molecular formula is C15H17N3O. The largest absolute Gasteiger partial charge is 0.298 e. The van der Waals surface area contributed by atoms with Gasteiger partial charge in [0.15, 0.2) is 0 Å². The molecule has 2 atom stereocenters. The number of fused-ring (bicyclic) bond motifs is 2. The van der Waals surface area contributed by atoms with Crippen LogP contribution in [0.1, 0.15) is 31.5 Å². The smallest absolute Gasteiger partial charge is 0.280 e. The predicted molar refractivity (Wildman–Crippen MR) is 75.0 cm³/mol. The van der Waals surface area contributed by atoms with Crippen LogP contribution in [0.15, 0.2) is 29.1 Å². The first kappa shape index (κ1) is 11.0. The predicted octanol–water partition coefficient (Wildman–Crippen LogP) is 1.97. The van der Waals surface area contributed by atoms with Crippen molar-refractivity contribution in [3.8, 4) is 0 Å². The lowest BCUT2D eigenvalue weighted by atomic mass is 10.0. The van der Waals surface area contributed by atoms with E-state index in [0.717, 1.165) is 16.7 Å². The Bertz CT molecular complexity index is 694. The number of aromatic nitrogens is 2. The van der Waals surface area contributed by atoms with E-state index in [-0.39, 0.29) is 5.56 Å². The summed E-state index contributed by atoms with van der Waals surface area (Å²) in [7, 11) is 0. The summed E-state index contributed by atoms with van der Waals surface area (Å²) in [6.07, 6.45) is 4.99. The molecule has 2 aliphatic rings. The van der Waals surface area contributed by atoms with Gasteiger partial charge in [-0.25, -0.2) is 9.66 Å². The Kier molecular flexibility index (Phi) is 2.22. The Hall–Kier alpha value is -1.84. The summed E-state index contributed by atoms with van der Waals surface area (Å²) in [5.41, 5.74) is 0.878. The fourth-order valence-corrected chi connectivity index (χ4v) is 3.48. The maximum atomic E-state index is 12.7. The van der Waals surface area contributed by atoms with E-state index in [1.807, 2.05) is 35.9 Å². The van der Waals surface area contributed by atoms with Gasteiger partial charge in [0.2, 0.25) is 0 Å². The zero-order valence-corrected chi connectivity index (χ0v) is 11.0. The molecule has 0 amide bonds. The van der Waals surface area contributed by atoms with Crippen molar-refractivity contribution < 1.29 is 0 Å². The molecule has 2 aromatic rings. The fourth-order valence-electron chi connectivity index (χ4n) is 3.48. The van der Waals surface area contributed by atoms with Crippen molar-refractivity contribution in [3.63, 3.8) is 0 Å². The van der Waals surface area contributed by atoms with E-state index in [9.17, 15) is 4.79 Å². The molecule has 2 fully saturated rings. The van der Waals surface area contributed by atoms with Gasteiger partial charge < -0.3 is 0 Å². The van der Waals surface area contributed by atoms with E-state index >= 15 is 0 Å². The van der Waals surface area contributed by atoms with Gasteiger partial charge in [0.25, 0.3) is 5.56 Å². The second-order valence-corrected chi connectivity index (χ2v) is 5.59. The van der Waals surface area contributed by atoms with Crippen LogP contribution in [-0.4, -0.2) is 21.7 Å². The topological polar surface area (TPSA) is 37.9 Å². The van der Waals surface area contributed by atoms with Crippen LogP contribution in [0.2, 0.25) is 0 Å². The minimum atomic E-state index is 0.0810. The lowest BCUT2D eigenvalue weighted by Gasteiger charge is -2.13. The minimum absolute atomic E-state index is 0.0810. The van der Waals surface area contributed by atoms with Gasteiger partial charge in [-0.1, -0.05) is 25.0 Å². The number of nitrogens with zero attached hydrogens (tertiary/aromatic N) is 3. The molecular weight excluding hydrogens is 238 g/mol. The standard InChI is InChI=1S/C15H17N3O/c1-10-16-12-7-3-2-6-11(12)15(19)17(10)18-13-8-4-5-9-14(13)18/h2-3,6-7,13-14H,4-5,8-9H2,1H3/t13-,14-/m1/s1. The van der Waals surface area contributed by atoms with Crippen LogP contribution in [0.3, 0.4) is 0 Å². The monoisotopic (exact) mass is 255 g/mol. The molecule has 4 heteroatoms. The summed E-state index contributed by atoms with van der Waals surface area (Å²) in [6.45, 7) is 1.93. The van der Waals surface area contributed by atoms with Crippen molar-refractivity contribution in [1.82, 2.24) is 9.66 Å². The highest BCUT2D eigenvalue weighted by Crippen LogP contribution is 2.38. The zero-order chi connectivity index (χ0) is 13.0. The average molecular weight is 255 g/mol. The van der Waals surface area contributed by atoms with Gasteiger partial charge in [0.1, 0.15) is 5.82 Å². The molecule has 98 valence electrons. The second kappa shape index (κ2) is 3.83. The SMILES string of the molecule is Cc1nc2ccccc2c(=O)n1N1[C@@H]2CCCC[C@H]21. The molecule has 1 aromatic heterocycles. The van der Waals surface area contributed by atoms with E-state index in [1.54, 1.807) is 0 Å². The molecule has 4 nitrogen and oxygen atoms in total. The maximum Gasteiger partial charge on any atom is 0.280 e. The van der Waals surface area contributed by atoms with Crippen LogP contribution in [-0.2, 0) is 0 Å². The third-order valence-electron chi connectivity index (χ3n) is 4.43. The van der Waals surface area contributed by atoms with E-state index < -0.39 is 0 Å². The lowest BCUT2D eigenvalue weighted by Crippen LogP contribution is -2.33. The molecule has 1 saturated heterocycles. The van der Waals surface area contributed by atoms with Crippen molar-refractivity contribution in [2.45, 2.75) is 44.7 Å². The van der Waals surface area contributed by atoms with E-state index in [0.29, 0.717) is 12.1 Å². The molecule has 2 heterocycles. The number of benzene rings is 1. The van der Waals surface area contributed by atoms with Gasteiger partial charge in [-0.05, 0) is 31.9 Å². The summed E-state index contributed by atoms with van der Waals surface area (Å²) >= 11 is 0. The first-order valence-electron chi connectivity index (χ1n) is 7.04. The van der Waals surface area contributed by atoms with Crippen LogP contribution in [0.5, 0.6) is 0 Å². The molecule has 0 unspecified atom stereocenters. The van der Waals surface area contributed by atoms with Crippen molar-refractivity contribution in [1.29, 1.82) is 0 Å². The first-order valence-corrected chi connectivity index (χ1v) is 7.04. The first-order chi connectivity index (χ1) is 9.27. The van der Waals surface area contributed by atoms with Crippen molar-refractivity contribution in [2.75, 3.05) is 5.01 Å². The van der Waals surface area contributed by atoms with Crippen LogP contribution in [0.25, 0.3) is 10.9 Å². The minimum Gasteiger partial charge on any atom is -0.298 e. The van der Waals surface area contributed by atoms with Gasteiger partial charge in [0.05, 0.1) is 23.0 Å². The summed E-state index contributed by atoms with van der Waals surface area (Å²) in [4.78, 5) is 17.2. The van der Waals surface area contributed by atoms with Gasteiger partial charge in [0, 0.05) is 0 Å². The summed E-state index contributed by atoms with van der Waals surface area (Å²) in [5.74, 6) is 0.804. The molecule has 1 saturated carbocycles. The van der Waals surface area contributed by atoms with Crippen LogP contribution < -0.4 is 10.6 Å². The van der Waals surface area contributed by atoms with E-state index in [2.05, 4.69) is 9.99 Å². The van der Waals surface area contributed by atoms with Gasteiger partial charge in [-0.3, -0.25) is 9.80 Å². The second-order valence-electron chi connectivity index (χ2n) is 5.59. The number of rotatable bonds is 1. The van der Waals surface area contributed by atoms with Gasteiger partial charge in [-0.2, -0.15) is 0 Å². The number of hydrogen-bond acceptors (Lipinski definition) is 3. The lowest BCUT2D eigenvalue weighted by molar-refractivity contribution is 0.571. The maximum absolute atomic E-state index is 12.7. The van der Waals surface area contributed by atoms with Gasteiger partial charge in [-0.15, -0.1) is 0 Å². The summed E-state index contributed by atoms with van der Waals surface area (Å²) in [6, 6.07) is 8.73. The molecule has 1 aromatic carbocycles. The quantitative estimate of drug-likeness (QED) is 0.731. The molecule has 0 bridgehead atoms. The number of para-hydroxylation sites is 1. The van der Waals surface area contributed by atoms with Crippen LogP contribution >= 0.6 is 0 Å². The number of hydrogen-bond donors (Lipinski definition) is 0. The summed E-state index contributed by atoms with van der Waals surface area (Å²) < 4.78 is 1.81. The zero-order valence-electron chi connectivity index (χ0n) is 11.0. The normalized spacial score (nSPS) is 25.4. The Morgan fingerprint density at radius 1 is 1.16 bits per heavy atom. The number of aryl methyl sites for hydroxylation is 1. The van der Waals surface area contributed by atoms with Crippen molar-refractivity contribution in [2.24, 2.45) is 0 Å². The molecule has 1 aliphatic heterocycles. The Balaban J connectivity index is 1.89. The van der Waals surface area contributed by atoms with Gasteiger partial charge >= 0.3 is 0 Å². The molecule has 19 heavy (non-hydrogen) atoms. The highest BCUT2D eigenvalue weighted by molar-refractivity contribution is 5.77. The van der Waals surface area contributed by atoms with Crippen LogP contribution in [0.4, 0.5) is 0 Å². The molecule has 1 aliphatic carbocycles. The highest BCUT2D eigenvalue weighted by Gasteiger charge is 2.50. The van der Waals surface area contributed by atoms with E-state index in [1.165, 1.54) is 25.7 Å². The third kappa shape index (κ3) is 1.52. The van der Waals surface area contributed by atoms with Crippen LogP contribution in [0, 0.1) is 6.92 Å². The van der Waals surface area contributed by atoms with Crippen molar-refractivity contribution in [3.05, 3.63) is 40.4 Å². The van der Waals surface area contributed by atoms with Crippen molar-refractivity contribution >= 4 is 10.9 Å². The fraction of sp³-hybridized carbons (Fsp3) is 0.467. The third-order valence-corrected chi connectivity index (χ3v) is 4.43.